The highest BCUT2D eigenvalue weighted by molar-refractivity contribution is 9.10. The molecule has 1 fully saturated rings. The minimum Gasteiger partial charge on any atom is -0.373 e. The van der Waals surface area contributed by atoms with Gasteiger partial charge in [0, 0.05) is 41.7 Å². The van der Waals surface area contributed by atoms with Crippen molar-refractivity contribution in [2.75, 3.05) is 32.8 Å². The zero-order valence-electron chi connectivity index (χ0n) is 14.8. The summed E-state index contributed by atoms with van der Waals surface area (Å²) in [6.45, 7) is 5.00. The highest BCUT2D eigenvalue weighted by Crippen LogP contribution is 2.38. The molecule has 26 heavy (non-hydrogen) atoms. The standard InChI is InChI=1S/C21H24BrClN2O/c22-17-3-6-19-16(13-17)7-12-26-21(19)14-20(25-10-8-24-9-11-25)15-1-4-18(23)5-2-15/h1-6,13,20-21,24H,7-12,14H2. The van der Waals surface area contributed by atoms with E-state index in [-0.39, 0.29) is 6.10 Å². The Balaban J connectivity index is 1.62. The molecule has 2 unspecified atom stereocenters. The third-order valence-corrected chi connectivity index (χ3v) is 6.17. The van der Waals surface area contributed by atoms with Crippen molar-refractivity contribution < 1.29 is 4.74 Å². The largest absolute Gasteiger partial charge is 0.373 e. The highest BCUT2D eigenvalue weighted by Gasteiger charge is 2.29. The Hall–Kier alpha value is -0.910. The zero-order chi connectivity index (χ0) is 17.9. The molecule has 4 rings (SSSR count). The fourth-order valence-corrected chi connectivity index (χ4v) is 4.61. The minimum absolute atomic E-state index is 0.141. The van der Waals surface area contributed by atoms with Crippen molar-refractivity contribution in [3.63, 3.8) is 0 Å². The summed E-state index contributed by atoms with van der Waals surface area (Å²) in [6.07, 6.45) is 2.10. The molecule has 0 spiro atoms. The fourth-order valence-electron chi connectivity index (χ4n) is 4.08. The van der Waals surface area contributed by atoms with Crippen LogP contribution in [-0.4, -0.2) is 37.7 Å². The highest BCUT2D eigenvalue weighted by atomic mass is 79.9. The molecule has 1 saturated heterocycles. The van der Waals surface area contributed by atoms with Crippen LogP contribution >= 0.6 is 27.5 Å². The summed E-state index contributed by atoms with van der Waals surface area (Å²) in [7, 11) is 0. The Morgan fingerprint density at radius 2 is 1.92 bits per heavy atom. The third-order valence-electron chi connectivity index (χ3n) is 5.43. The molecule has 0 radical (unpaired) electrons. The van der Waals surface area contributed by atoms with Gasteiger partial charge in [0.25, 0.3) is 0 Å². The molecular weight excluding hydrogens is 412 g/mol. The smallest absolute Gasteiger partial charge is 0.0846 e. The van der Waals surface area contributed by atoms with Crippen molar-refractivity contribution in [3.8, 4) is 0 Å². The van der Waals surface area contributed by atoms with Gasteiger partial charge in [-0.1, -0.05) is 45.7 Å². The molecule has 2 aromatic carbocycles. The van der Waals surface area contributed by atoms with Crippen LogP contribution in [0, 0.1) is 0 Å². The van der Waals surface area contributed by atoms with E-state index in [0.717, 1.165) is 55.1 Å². The lowest BCUT2D eigenvalue weighted by atomic mass is 9.90. The van der Waals surface area contributed by atoms with E-state index in [1.807, 2.05) is 12.1 Å². The number of nitrogens with one attached hydrogen (secondary N) is 1. The predicted octanol–water partition coefficient (Wildman–Crippen LogP) is 4.75. The summed E-state index contributed by atoms with van der Waals surface area (Å²) in [5.41, 5.74) is 4.07. The minimum atomic E-state index is 0.141. The first kappa shape index (κ1) is 18.5. The molecule has 0 aliphatic carbocycles. The summed E-state index contributed by atoms with van der Waals surface area (Å²) >= 11 is 9.72. The number of halogens is 2. The second kappa shape index (κ2) is 8.41. The van der Waals surface area contributed by atoms with Gasteiger partial charge in [0.2, 0.25) is 0 Å². The average Bonchev–Trinajstić information content (AvgIpc) is 2.67. The summed E-state index contributed by atoms with van der Waals surface area (Å²) in [5.74, 6) is 0. The molecule has 0 amide bonds. The van der Waals surface area contributed by atoms with Crippen LogP contribution in [0.15, 0.2) is 46.9 Å². The van der Waals surface area contributed by atoms with Crippen LogP contribution < -0.4 is 5.32 Å². The molecule has 0 saturated carbocycles. The second-order valence-electron chi connectivity index (χ2n) is 7.04. The van der Waals surface area contributed by atoms with Gasteiger partial charge in [0.15, 0.2) is 0 Å². The molecule has 2 heterocycles. The van der Waals surface area contributed by atoms with Crippen LogP contribution in [-0.2, 0) is 11.2 Å². The number of fused-ring (bicyclic) bond motifs is 1. The van der Waals surface area contributed by atoms with Crippen LogP contribution in [0.4, 0.5) is 0 Å². The van der Waals surface area contributed by atoms with E-state index >= 15 is 0 Å². The van der Waals surface area contributed by atoms with Crippen molar-refractivity contribution in [1.29, 1.82) is 0 Å². The Labute approximate surface area is 168 Å². The zero-order valence-corrected chi connectivity index (χ0v) is 17.1. The molecule has 2 aliphatic heterocycles. The average molecular weight is 436 g/mol. The van der Waals surface area contributed by atoms with Gasteiger partial charge in [-0.15, -0.1) is 0 Å². The Bertz CT molecular complexity index is 746. The molecule has 5 heteroatoms. The predicted molar refractivity (Wildman–Crippen MR) is 110 cm³/mol. The Morgan fingerprint density at radius 3 is 2.69 bits per heavy atom. The molecule has 0 aromatic heterocycles. The van der Waals surface area contributed by atoms with Gasteiger partial charge in [-0.25, -0.2) is 0 Å². The lowest BCUT2D eigenvalue weighted by molar-refractivity contribution is 0.0119. The van der Waals surface area contributed by atoms with Crippen molar-refractivity contribution >= 4 is 27.5 Å². The van der Waals surface area contributed by atoms with Crippen LogP contribution in [0.1, 0.15) is 35.3 Å². The van der Waals surface area contributed by atoms with Crippen LogP contribution in [0.3, 0.4) is 0 Å². The van der Waals surface area contributed by atoms with Crippen LogP contribution in [0.5, 0.6) is 0 Å². The maximum absolute atomic E-state index is 6.23. The maximum atomic E-state index is 6.23. The number of hydrogen-bond acceptors (Lipinski definition) is 3. The molecular formula is C21H24BrClN2O. The van der Waals surface area contributed by atoms with Gasteiger partial charge in [-0.2, -0.15) is 0 Å². The SMILES string of the molecule is Clc1ccc(C(CC2OCCc3cc(Br)ccc32)N2CCNCC2)cc1. The quantitative estimate of drug-likeness (QED) is 0.750. The van der Waals surface area contributed by atoms with E-state index < -0.39 is 0 Å². The number of rotatable bonds is 4. The number of hydrogen-bond donors (Lipinski definition) is 1. The van der Waals surface area contributed by atoms with Gasteiger partial charge in [-0.3, -0.25) is 4.90 Å². The number of benzene rings is 2. The second-order valence-corrected chi connectivity index (χ2v) is 8.39. The first-order valence-corrected chi connectivity index (χ1v) is 10.5. The van der Waals surface area contributed by atoms with E-state index in [9.17, 15) is 0 Å². The molecule has 2 aromatic rings. The summed E-state index contributed by atoms with van der Waals surface area (Å²) in [6, 6.07) is 15.3. The van der Waals surface area contributed by atoms with Gasteiger partial charge >= 0.3 is 0 Å². The molecule has 2 atom stereocenters. The van der Waals surface area contributed by atoms with Crippen molar-refractivity contribution in [1.82, 2.24) is 10.2 Å². The van der Waals surface area contributed by atoms with Gasteiger partial charge < -0.3 is 10.1 Å². The monoisotopic (exact) mass is 434 g/mol. The summed E-state index contributed by atoms with van der Waals surface area (Å²) in [4.78, 5) is 2.58. The van der Waals surface area contributed by atoms with E-state index in [4.69, 9.17) is 16.3 Å². The molecule has 3 nitrogen and oxygen atoms in total. The summed E-state index contributed by atoms with van der Waals surface area (Å²) < 4.78 is 7.37. The Morgan fingerprint density at radius 1 is 1.15 bits per heavy atom. The number of ether oxygens (including phenoxy) is 1. The lowest BCUT2D eigenvalue weighted by Gasteiger charge is -2.38. The molecule has 138 valence electrons. The maximum Gasteiger partial charge on any atom is 0.0846 e. The van der Waals surface area contributed by atoms with Crippen LogP contribution in [0.2, 0.25) is 5.02 Å². The van der Waals surface area contributed by atoms with Crippen LogP contribution in [0.25, 0.3) is 0 Å². The van der Waals surface area contributed by atoms with Crippen molar-refractivity contribution in [2.45, 2.75) is 25.0 Å². The van der Waals surface area contributed by atoms with E-state index in [1.165, 1.54) is 16.7 Å². The third kappa shape index (κ3) is 4.15. The Kier molecular flexibility index (Phi) is 5.97. The number of piperazine rings is 1. The van der Waals surface area contributed by atoms with Crippen molar-refractivity contribution in [3.05, 3.63) is 68.7 Å². The van der Waals surface area contributed by atoms with E-state index in [0.29, 0.717) is 6.04 Å². The van der Waals surface area contributed by atoms with Gasteiger partial charge in [0.05, 0.1) is 12.7 Å². The molecule has 2 aliphatic rings. The van der Waals surface area contributed by atoms with Gasteiger partial charge in [-0.05, 0) is 53.8 Å². The summed E-state index contributed by atoms with van der Waals surface area (Å²) in [5, 5.41) is 4.25. The number of nitrogens with zero attached hydrogens (tertiary/aromatic N) is 1. The van der Waals surface area contributed by atoms with Crippen molar-refractivity contribution in [2.24, 2.45) is 0 Å². The lowest BCUT2D eigenvalue weighted by Crippen LogP contribution is -2.45. The topological polar surface area (TPSA) is 24.5 Å². The fraction of sp³-hybridized carbons (Fsp3) is 0.429. The van der Waals surface area contributed by atoms with E-state index in [1.54, 1.807) is 0 Å². The van der Waals surface area contributed by atoms with E-state index in [2.05, 4.69) is 56.5 Å². The normalized spacial score (nSPS) is 22.0. The first-order chi connectivity index (χ1) is 12.7. The molecule has 1 N–H and O–H groups in total. The molecule has 0 bridgehead atoms. The first-order valence-electron chi connectivity index (χ1n) is 9.31. The van der Waals surface area contributed by atoms with Gasteiger partial charge in [0.1, 0.15) is 0 Å².